The maximum atomic E-state index is 12.7. The van der Waals surface area contributed by atoms with Gasteiger partial charge in [0, 0.05) is 22.9 Å². The molecule has 2 aromatic carbocycles. The van der Waals surface area contributed by atoms with Crippen LogP contribution < -0.4 is 10.6 Å². The molecule has 0 saturated heterocycles. The van der Waals surface area contributed by atoms with Crippen molar-refractivity contribution in [3.63, 3.8) is 0 Å². The van der Waals surface area contributed by atoms with E-state index in [1.54, 1.807) is 0 Å². The van der Waals surface area contributed by atoms with Crippen molar-refractivity contribution in [3.05, 3.63) is 58.7 Å². The molecule has 1 aliphatic rings. The summed E-state index contributed by atoms with van der Waals surface area (Å²) in [7, 11) is 0. The van der Waals surface area contributed by atoms with Gasteiger partial charge in [-0.2, -0.15) is 0 Å². The molecule has 2 aromatic rings. The fourth-order valence-electron chi connectivity index (χ4n) is 4.61. The fraction of sp³-hybridized carbons (Fsp3) is 0.500. The van der Waals surface area contributed by atoms with Crippen LogP contribution in [0.25, 0.3) is 12.2 Å². The quantitative estimate of drug-likeness (QED) is 0.318. The minimum Gasteiger partial charge on any atom is -0.507 e. The molecule has 1 saturated carbocycles. The Labute approximate surface area is 205 Å². The largest absolute Gasteiger partial charge is 0.507 e. The van der Waals surface area contributed by atoms with Gasteiger partial charge in [-0.15, -0.1) is 0 Å². The molecule has 0 aliphatic heterocycles. The smallest absolute Gasteiger partial charge is 0.319 e. The number of aromatic hydroxyl groups is 1. The molecule has 0 atom stereocenters. The minimum atomic E-state index is -0.177. The fourth-order valence-corrected chi connectivity index (χ4v) is 4.61. The summed E-state index contributed by atoms with van der Waals surface area (Å²) in [5, 5.41) is 17.2. The van der Waals surface area contributed by atoms with Crippen LogP contribution in [-0.2, 0) is 10.8 Å². The zero-order valence-corrected chi connectivity index (χ0v) is 21.8. The average Bonchev–Trinajstić information content (AvgIpc) is 3.00. The Morgan fingerprint density at radius 1 is 0.882 bits per heavy atom. The number of para-hydroxylation sites is 1. The molecule has 34 heavy (non-hydrogen) atoms. The van der Waals surface area contributed by atoms with Gasteiger partial charge in [0.2, 0.25) is 0 Å². The molecule has 0 unspecified atom stereocenters. The van der Waals surface area contributed by atoms with E-state index in [0.717, 1.165) is 40.8 Å². The van der Waals surface area contributed by atoms with E-state index in [2.05, 4.69) is 70.4 Å². The van der Waals surface area contributed by atoms with Gasteiger partial charge in [-0.3, -0.25) is 0 Å². The first-order chi connectivity index (χ1) is 15.9. The highest BCUT2D eigenvalue weighted by atomic mass is 16.3. The second-order valence-corrected chi connectivity index (χ2v) is 11.7. The monoisotopic (exact) mass is 462 g/mol. The van der Waals surface area contributed by atoms with Gasteiger partial charge in [0.05, 0.1) is 0 Å². The molecule has 0 spiro atoms. The number of carbonyl (C=O) groups excluding carboxylic acids is 1. The zero-order valence-electron chi connectivity index (χ0n) is 21.8. The molecule has 0 bridgehead atoms. The molecule has 3 rings (SSSR count). The average molecular weight is 463 g/mol. The highest BCUT2D eigenvalue weighted by Crippen LogP contribution is 2.40. The van der Waals surface area contributed by atoms with Gasteiger partial charge in [-0.1, -0.05) is 97.6 Å². The van der Waals surface area contributed by atoms with Crippen LogP contribution in [0.15, 0.2) is 36.4 Å². The van der Waals surface area contributed by atoms with Gasteiger partial charge < -0.3 is 15.7 Å². The lowest BCUT2D eigenvalue weighted by atomic mass is 9.78. The minimum absolute atomic E-state index is 0.137. The molecule has 184 valence electrons. The topological polar surface area (TPSA) is 61.4 Å². The van der Waals surface area contributed by atoms with Crippen LogP contribution >= 0.6 is 0 Å². The molecule has 1 aliphatic carbocycles. The molecule has 4 nitrogen and oxygen atoms in total. The van der Waals surface area contributed by atoms with E-state index < -0.39 is 0 Å². The van der Waals surface area contributed by atoms with Crippen LogP contribution in [0.5, 0.6) is 5.75 Å². The van der Waals surface area contributed by atoms with Crippen LogP contribution in [0.1, 0.15) is 102 Å². The first-order valence-electron chi connectivity index (χ1n) is 12.7. The maximum Gasteiger partial charge on any atom is 0.319 e. The Morgan fingerprint density at radius 3 is 2.00 bits per heavy atom. The van der Waals surface area contributed by atoms with Crippen molar-refractivity contribution in [2.45, 2.75) is 96.9 Å². The predicted molar refractivity (Wildman–Crippen MR) is 145 cm³/mol. The number of hydrogen-bond acceptors (Lipinski definition) is 2. The Balaban J connectivity index is 1.84. The van der Waals surface area contributed by atoms with Crippen LogP contribution in [0.3, 0.4) is 0 Å². The number of hydrogen-bond donors (Lipinski definition) is 3. The third-order valence-corrected chi connectivity index (χ3v) is 6.60. The number of amides is 2. The number of rotatable bonds is 4. The second kappa shape index (κ2) is 10.7. The molecule has 0 heterocycles. The van der Waals surface area contributed by atoms with Crippen molar-refractivity contribution < 1.29 is 9.90 Å². The summed E-state index contributed by atoms with van der Waals surface area (Å²) in [5.74, 6) is 0.384. The highest BCUT2D eigenvalue weighted by molar-refractivity contribution is 5.92. The first kappa shape index (κ1) is 25.9. The van der Waals surface area contributed by atoms with E-state index in [1.807, 2.05) is 30.3 Å². The van der Waals surface area contributed by atoms with Crippen molar-refractivity contribution >= 4 is 23.9 Å². The van der Waals surface area contributed by atoms with Crippen LogP contribution in [0, 0.1) is 0 Å². The first-order valence-corrected chi connectivity index (χ1v) is 12.7. The summed E-state index contributed by atoms with van der Waals surface area (Å²) < 4.78 is 0. The van der Waals surface area contributed by atoms with Crippen molar-refractivity contribution in [3.8, 4) is 5.75 Å². The highest BCUT2D eigenvalue weighted by Gasteiger charge is 2.26. The normalized spacial score (nSPS) is 15.8. The Kier molecular flexibility index (Phi) is 8.12. The lowest BCUT2D eigenvalue weighted by Crippen LogP contribution is -2.37. The molecule has 3 N–H and O–H groups in total. The van der Waals surface area contributed by atoms with E-state index in [4.69, 9.17) is 0 Å². The summed E-state index contributed by atoms with van der Waals surface area (Å²) >= 11 is 0. The number of anilines is 1. The third kappa shape index (κ3) is 6.88. The Hall–Kier alpha value is -2.75. The summed E-state index contributed by atoms with van der Waals surface area (Å²) in [6, 6.07) is 12.1. The number of urea groups is 1. The SMILES string of the molecule is CC(C)(C)c1cc(C=Cc2ccccc2NC(=O)NC2CCCCCC2)cc(C(C)(C)C)c1O. The summed E-state index contributed by atoms with van der Waals surface area (Å²) in [4.78, 5) is 12.7. The molecule has 0 aromatic heterocycles. The van der Waals surface area contributed by atoms with Crippen molar-refractivity contribution in [2.24, 2.45) is 0 Å². The maximum absolute atomic E-state index is 12.7. The van der Waals surface area contributed by atoms with E-state index in [1.165, 1.54) is 25.7 Å². The lowest BCUT2D eigenvalue weighted by molar-refractivity contribution is 0.247. The molecular formula is C30H42N2O2. The van der Waals surface area contributed by atoms with Gasteiger partial charge in [-0.05, 0) is 53.0 Å². The number of carbonyl (C=O) groups is 1. The van der Waals surface area contributed by atoms with Crippen LogP contribution in [0.2, 0.25) is 0 Å². The number of benzene rings is 2. The summed E-state index contributed by atoms with van der Waals surface area (Å²) in [6.07, 6.45) is 11.1. The standard InChI is InChI=1S/C30H42N2O2/c1-29(2,3)24-19-21(20-25(27(24)33)30(4,5)6)17-18-22-13-11-12-16-26(22)32-28(34)31-23-14-9-7-8-10-15-23/h11-13,16-20,23,33H,7-10,14-15H2,1-6H3,(H2,31,32,34). The van der Waals surface area contributed by atoms with Gasteiger partial charge in [0.25, 0.3) is 0 Å². The van der Waals surface area contributed by atoms with Gasteiger partial charge in [0.1, 0.15) is 5.75 Å². The summed E-state index contributed by atoms with van der Waals surface area (Å²) in [5.41, 5.74) is 4.29. The molecule has 1 fully saturated rings. The Morgan fingerprint density at radius 2 is 1.44 bits per heavy atom. The van der Waals surface area contributed by atoms with E-state index in [-0.39, 0.29) is 22.9 Å². The lowest BCUT2D eigenvalue weighted by Gasteiger charge is -2.27. The van der Waals surface area contributed by atoms with Crippen molar-refractivity contribution in [2.75, 3.05) is 5.32 Å². The summed E-state index contributed by atoms with van der Waals surface area (Å²) in [6.45, 7) is 12.7. The molecular weight excluding hydrogens is 420 g/mol. The molecule has 4 heteroatoms. The number of nitrogens with one attached hydrogen (secondary N) is 2. The van der Waals surface area contributed by atoms with Crippen molar-refractivity contribution in [1.29, 1.82) is 0 Å². The number of phenols is 1. The Bertz CT molecular complexity index is 982. The van der Waals surface area contributed by atoms with Gasteiger partial charge >= 0.3 is 6.03 Å². The van der Waals surface area contributed by atoms with Gasteiger partial charge in [-0.25, -0.2) is 4.79 Å². The van der Waals surface area contributed by atoms with Gasteiger partial charge in [0.15, 0.2) is 0 Å². The second-order valence-electron chi connectivity index (χ2n) is 11.7. The van der Waals surface area contributed by atoms with E-state index >= 15 is 0 Å². The third-order valence-electron chi connectivity index (χ3n) is 6.60. The van der Waals surface area contributed by atoms with Crippen molar-refractivity contribution in [1.82, 2.24) is 5.32 Å². The van der Waals surface area contributed by atoms with E-state index in [0.29, 0.717) is 5.75 Å². The van der Waals surface area contributed by atoms with E-state index in [9.17, 15) is 9.90 Å². The van der Waals surface area contributed by atoms with Crippen LogP contribution in [0.4, 0.5) is 10.5 Å². The number of phenolic OH excluding ortho intramolecular Hbond substituents is 1. The molecule has 0 radical (unpaired) electrons. The zero-order chi connectivity index (χ0) is 24.9. The molecule has 2 amide bonds. The predicted octanol–water partition coefficient (Wildman–Crippen LogP) is 8.00. The van der Waals surface area contributed by atoms with Crippen LogP contribution in [-0.4, -0.2) is 17.2 Å².